The molecular weight excluding hydrogens is 486 g/mol. The van der Waals surface area contributed by atoms with Crippen molar-refractivity contribution in [1.29, 1.82) is 0 Å². The van der Waals surface area contributed by atoms with Gasteiger partial charge in [-0.25, -0.2) is 19.9 Å². The number of benzene rings is 2. The second-order valence-electron chi connectivity index (χ2n) is 8.33. The third-order valence-corrected chi connectivity index (χ3v) is 7.93. The quantitative estimate of drug-likeness (QED) is 0.199. The molecule has 0 saturated carbocycles. The first-order valence-corrected chi connectivity index (χ1v) is 11.7. The van der Waals surface area contributed by atoms with Gasteiger partial charge < -0.3 is 0 Å². The molecule has 4 nitrogen and oxygen atoms in total. The molecule has 2 aromatic carbocycles. The van der Waals surface area contributed by atoms with E-state index in [4.69, 9.17) is 56.4 Å². The predicted molar refractivity (Wildman–Crippen MR) is 124 cm³/mol. The average molecular weight is 498 g/mol. The summed E-state index contributed by atoms with van der Waals surface area (Å²) in [4.78, 5) is 18.1. The van der Waals surface area contributed by atoms with Gasteiger partial charge in [-0.3, -0.25) is 0 Å². The van der Waals surface area contributed by atoms with Crippen molar-refractivity contribution in [2.75, 3.05) is 0 Å². The number of halogens is 4. The summed E-state index contributed by atoms with van der Waals surface area (Å²) in [5.41, 5.74) is 8.27. The molecule has 0 amide bonds. The Kier molecular flexibility index (Phi) is 4.00. The molecule has 0 aliphatic heterocycles. The fourth-order valence-corrected chi connectivity index (χ4v) is 7.07. The Morgan fingerprint density at radius 1 is 0.469 bits per heavy atom. The van der Waals surface area contributed by atoms with Crippen LogP contribution < -0.4 is 0 Å². The van der Waals surface area contributed by atoms with Crippen LogP contribution in [0.5, 0.6) is 0 Å². The van der Waals surface area contributed by atoms with Gasteiger partial charge in [0.25, 0.3) is 0 Å². The van der Waals surface area contributed by atoms with Gasteiger partial charge in [0.2, 0.25) is 10.6 Å². The van der Waals surface area contributed by atoms with Crippen LogP contribution >= 0.6 is 46.4 Å². The van der Waals surface area contributed by atoms with E-state index in [2.05, 4.69) is 58.5 Å². The van der Waals surface area contributed by atoms with Gasteiger partial charge in [-0.2, -0.15) is 0 Å². The highest BCUT2D eigenvalue weighted by atomic mass is 35.5. The molecule has 4 aromatic rings. The number of rotatable bonds is 0. The molecule has 10 rings (SSSR count). The maximum absolute atomic E-state index is 6.77. The molecule has 0 N–H and O–H groups in total. The van der Waals surface area contributed by atoms with E-state index in [1.54, 1.807) is 0 Å². The highest BCUT2D eigenvalue weighted by molar-refractivity contribution is 6.33. The molecule has 8 heteroatoms. The number of hydrogen-bond donors (Lipinski definition) is 0. The topological polar surface area (TPSA) is 51.6 Å². The summed E-state index contributed by atoms with van der Waals surface area (Å²) < 4.78 is 0. The third-order valence-electron chi connectivity index (χ3n) is 7.01. The van der Waals surface area contributed by atoms with E-state index in [9.17, 15) is 0 Å². The normalized spacial score (nSPS) is 23.6. The van der Waals surface area contributed by atoms with Crippen LogP contribution in [-0.4, -0.2) is 19.9 Å². The Morgan fingerprint density at radius 2 is 0.812 bits per heavy atom. The maximum atomic E-state index is 6.77. The minimum atomic E-state index is -0.168. The van der Waals surface area contributed by atoms with Gasteiger partial charge in [0.1, 0.15) is 10.3 Å². The first-order valence-electron chi connectivity index (χ1n) is 10.2. The zero-order valence-electron chi connectivity index (χ0n) is 16.2. The van der Waals surface area contributed by atoms with Crippen molar-refractivity contribution in [3.05, 3.63) is 114 Å². The Bertz CT molecular complexity index is 1360. The van der Waals surface area contributed by atoms with Crippen LogP contribution in [0.4, 0.5) is 0 Å². The number of nitrogens with zero attached hydrogens (tertiary/aromatic N) is 4. The average Bonchev–Trinajstić information content (AvgIpc) is 2.75. The second-order valence-corrected chi connectivity index (χ2v) is 9.73. The fraction of sp³-hybridized carbons (Fsp3) is 0.167. The van der Waals surface area contributed by atoms with Crippen LogP contribution in [0.1, 0.15) is 68.4 Å². The first kappa shape index (κ1) is 19.2. The predicted octanol–water partition coefficient (Wildman–Crippen LogP) is 6.75. The van der Waals surface area contributed by atoms with E-state index in [0.29, 0.717) is 10.3 Å². The summed E-state index contributed by atoms with van der Waals surface area (Å²) in [6, 6.07) is 16.9. The molecule has 6 aliphatic carbocycles. The Labute approximate surface area is 203 Å². The maximum Gasteiger partial charge on any atom is 0.224 e. The minimum absolute atomic E-state index is 0.139. The largest absolute Gasteiger partial charge is 0.224 e. The lowest BCUT2D eigenvalue weighted by molar-refractivity contribution is 0.505. The highest BCUT2D eigenvalue weighted by Gasteiger charge is 2.53. The first-order chi connectivity index (χ1) is 15.5. The monoisotopic (exact) mass is 496 g/mol. The van der Waals surface area contributed by atoms with Crippen molar-refractivity contribution in [3.63, 3.8) is 0 Å². The van der Waals surface area contributed by atoms with Gasteiger partial charge in [0.15, 0.2) is 0 Å². The number of hydrogen-bond acceptors (Lipinski definition) is 4. The van der Waals surface area contributed by atoms with Crippen molar-refractivity contribution in [3.8, 4) is 0 Å². The van der Waals surface area contributed by atoms with Gasteiger partial charge in [-0.1, -0.05) is 71.7 Å². The summed E-state index contributed by atoms with van der Waals surface area (Å²) in [5, 5.41) is 1.03. The van der Waals surface area contributed by atoms with Gasteiger partial charge in [0, 0.05) is 34.8 Å². The molecule has 0 fully saturated rings. The minimum Gasteiger partial charge on any atom is -0.222 e. The molecule has 2 aromatic heterocycles. The molecule has 6 aliphatic rings. The van der Waals surface area contributed by atoms with Crippen molar-refractivity contribution < 1.29 is 0 Å². The molecule has 156 valence electrons. The van der Waals surface area contributed by atoms with Crippen LogP contribution in [0, 0.1) is 0 Å². The van der Waals surface area contributed by atoms with Gasteiger partial charge >= 0.3 is 0 Å². The molecule has 0 saturated heterocycles. The molecule has 4 bridgehead atoms. The summed E-state index contributed by atoms with van der Waals surface area (Å²) in [6.45, 7) is 0. The molecule has 0 spiro atoms. The van der Waals surface area contributed by atoms with Crippen molar-refractivity contribution in [2.45, 2.75) is 23.7 Å². The molecule has 4 atom stereocenters. The van der Waals surface area contributed by atoms with E-state index in [0.717, 1.165) is 22.5 Å². The molecular formula is C24H12Cl4N4. The summed E-state index contributed by atoms with van der Waals surface area (Å²) >= 11 is 26.2. The second kappa shape index (κ2) is 6.64. The molecule has 2 heterocycles. The highest BCUT2D eigenvalue weighted by Crippen LogP contribution is 2.64. The zero-order chi connectivity index (χ0) is 21.7. The van der Waals surface area contributed by atoms with Crippen molar-refractivity contribution in [1.82, 2.24) is 19.9 Å². The Morgan fingerprint density at radius 3 is 1.19 bits per heavy atom. The zero-order valence-corrected chi connectivity index (χ0v) is 19.3. The van der Waals surface area contributed by atoms with Crippen LogP contribution in [-0.2, 0) is 0 Å². The third kappa shape index (κ3) is 2.36. The Balaban J connectivity index is 1.71. The Hall–Kier alpha value is -2.24. The van der Waals surface area contributed by atoms with Gasteiger partial charge in [0.05, 0.1) is 11.4 Å². The lowest BCUT2D eigenvalue weighted by atomic mass is 9.55. The van der Waals surface area contributed by atoms with Crippen LogP contribution in [0.2, 0.25) is 20.9 Å². The van der Waals surface area contributed by atoms with E-state index in [1.165, 1.54) is 22.3 Å². The van der Waals surface area contributed by atoms with Crippen molar-refractivity contribution >= 4 is 46.4 Å². The molecule has 0 radical (unpaired) electrons. The van der Waals surface area contributed by atoms with E-state index >= 15 is 0 Å². The fourth-order valence-electron chi connectivity index (χ4n) is 6.04. The summed E-state index contributed by atoms with van der Waals surface area (Å²) in [6.07, 6.45) is 0. The van der Waals surface area contributed by atoms with Gasteiger partial charge in [-0.05, 0) is 45.5 Å². The smallest absolute Gasteiger partial charge is 0.222 e. The SMILES string of the molecule is Clc1nc(Cl)c2c(n1)[C@@H]1c3ccccc3[C@H]2[C@@H]2c3ccccc3[C@H]1c1c(Cl)nc(Cl)nc12. The molecule has 0 unspecified atom stereocenters. The van der Waals surface area contributed by atoms with E-state index in [1.807, 2.05) is 0 Å². The van der Waals surface area contributed by atoms with Crippen LogP contribution in [0.3, 0.4) is 0 Å². The standard InChI is InChI=1S/C24H12Cl4N4/c25-21-17-13-9-5-1-3-7-11(9)15(19(17)29-23(27)31-21)14-10-6-2-4-8-12(10)16(13)20-18(14)22(26)32-24(28)30-20/h1-8,13-16H/t13-,14+,15+,16-. The van der Waals surface area contributed by atoms with E-state index in [-0.39, 0.29) is 34.2 Å². The lowest BCUT2D eigenvalue weighted by Gasteiger charge is -2.48. The summed E-state index contributed by atoms with van der Waals surface area (Å²) in [7, 11) is 0. The van der Waals surface area contributed by atoms with Crippen molar-refractivity contribution in [2.24, 2.45) is 0 Å². The summed E-state index contributed by atoms with van der Waals surface area (Å²) in [5.74, 6) is -0.659. The lowest BCUT2D eigenvalue weighted by Crippen LogP contribution is -2.37. The van der Waals surface area contributed by atoms with Crippen LogP contribution in [0.15, 0.2) is 48.5 Å². The van der Waals surface area contributed by atoms with Gasteiger partial charge in [-0.15, -0.1) is 0 Å². The number of aromatic nitrogens is 4. The van der Waals surface area contributed by atoms with E-state index < -0.39 is 0 Å². The van der Waals surface area contributed by atoms with Crippen LogP contribution in [0.25, 0.3) is 0 Å². The molecule has 32 heavy (non-hydrogen) atoms.